The van der Waals surface area contributed by atoms with Crippen LogP contribution in [0, 0.1) is 28.6 Å². The predicted octanol–water partition coefficient (Wildman–Crippen LogP) is 4.69. The molecule has 0 bridgehead atoms. The molecule has 4 aliphatic carbocycles. The summed E-state index contributed by atoms with van der Waals surface area (Å²) >= 11 is 0. The third-order valence-electron chi connectivity index (χ3n) is 16.6. The molecule has 3 saturated carbocycles. The molecule has 15 heteroatoms. The minimum Gasteiger partial charge on any atom is -0.458 e. The van der Waals surface area contributed by atoms with Crippen molar-refractivity contribution in [3.63, 3.8) is 0 Å². The lowest BCUT2D eigenvalue weighted by Gasteiger charge is -2.63. The number of allylic oxidation sites excluding steroid dienone is 2. The van der Waals surface area contributed by atoms with Gasteiger partial charge in [0.1, 0.15) is 42.4 Å². The van der Waals surface area contributed by atoms with E-state index in [0.717, 1.165) is 19.3 Å². The first kappa shape index (κ1) is 48.1. The second kappa shape index (κ2) is 18.8. The SMILES string of the molecule is C/C=C(\C)C(=O)O[C@@H]1C[C@H]2[C@@H](CC=C3C[C@H](OC4CC(OC)C(OC5CC(OC)C(OC6OC(C)C(O)C(OC)C6O)C(C)O5)C(C)O4)CC[C@@]32C)[C@@]2(O)CC[C@H](C(C)=O)[C@@]12C. The Labute approximate surface area is 367 Å². The van der Waals surface area contributed by atoms with E-state index in [-0.39, 0.29) is 41.2 Å². The van der Waals surface area contributed by atoms with Crippen molar-refractivity contribution >= 4 is 11.8 Å². The van der Waals surface area contributed by atoms with Gasteiger partial charge >= 0.3 is 5.97 Å². The number of ether oxygens (including phenoxy) is 10. The number of carbonyl (C=O) groups is 2. The number of aliphatic hydroxyl groups is 3. The number of hydrogen-bond donors (Lipinski definition) is 3. The van der Waals surface area contributed by atoms with Crippen molar-refractivity contribution in [2.75, 3.05) is 21.3 Å². The Morgan fingerprint density at radius 1 is 0.774 bits per heavy atom. The van der Waals surface area contributed by atoms with E-state index in [0.29, 0.717) is 44.1 Å². The molecule has 7 aliphatic rings. The van der Waals surface area contributed by atoms with Gasteiger partial charge in [0, 0.05) is 51.1 Å². The molecule has 3 N–H and O–H groups in total. The monoisotopic (exact) mass is 879 g/mol. The van der Waals surface area contributed by atoms with Gasteiger partial charge in [-0.15, -0.1) is 0 Å². The number of fused-ring (bicyclic) bond motifs is 5. The van der Waals surface area contributed by atoms with Crippen LogP contribution in [0.1, 0.15) is 113 Å². The van der Waals surface area contributed by atoms with Gasteiger partial charge in [-0.05, 0) is 104 Å². The number of carbonyl (C=O) groups excluding carboxylic acids is 2. The summed E-state index contributed by atoms with van der Waals surface area (Å²) in [6.07, 6.45) is 0.173. The van der Waals surface area contributed by atoms with Crippen LogP contribution in [-0.2, 0) is 57.0 Å². The Morgan fingerprint density at radius 3 is 2.00 bits per heavy atom. The van der Waals surface area contributed by atoms with Gasteiger partial charge < -0.3 is 62.7 Å². The van der Waals surface area contributed by atoms with Crippen molar-refractivity contribution in [3.8, 4) is 0 Å². The van der Waals surface area contributed by atoms with E-state index in [4.69, 9.17) is 47.4 Å². The van der Waals surface area contributed by atoms with Gasteiger partial charge in [-0.2, -0.15) is 0 Å². The molecule has 352 valence electrons. The second-order valence-corrected chi connectivity index (χ2v) is 19.8. The predicted molar refractivity (Wildman–Crippen MR) is 223 cm³/mol. The fraction of sp³-hybridized carbons (Fsp3) is 0.872. The van der Waals surface area contributed by atoms with Crippen LogP contribution in [0.4, 0.5) is 0 Å². The summed E-state index contributed by atoms with van der Waals surface area (Å²) in [6.45, 7) is 15.0. The Bertz CT molecular complexity index is 1670. The number of ketones is 1. The molecule has 0 aromatic rings. The molecular weight excluding hydrogens is 805 g/mol. The second-order valence-electron chi connectivity index (χ2n) is 19.8. The molecule has 0 aromatic carbocycles. The van der Waals surface area contributed by atoms with E-state index in [1.54, 1.807) is 41.1 Å². The summed E-state index contributed by atoms with van der Waals surface area (Å²) in [6, 6.07) is 0. The number of hydrogen-bond acceptors (Lipinski definition) is 15. The standard InChI is InChI=1S/C47H74O15/c1-12-23(2)43(51)60-35-20-32-31(47(52)18-16-30(24(3)48)46(35,47)8)14-13-28-19-29(15-17-45(28,32)7)59-36-21-33(53-9)40(26(5)56-36)61-37-22-34(54-10)41(27(6)57-37)62-44-39(50)42(55-11)38(49)25(4)58-44/h12-13,25-27,29-42,44,49-50,52H,14-22H2,1-11H3/b23-12+/t25?,26?,27?,29-,30-,31-,32+,33?,34?,35-,36?,37?,38?,39?,40?,41?,42?,44?,45+,46+,47+/m1/s1. The van der Waals surface area contributed by atoms with Crippen LogP contribution >= 0.6 is 0 Å². The Kier molecular flexibility index (Phi) is 14.6. The van der Waals surface area contributed by atoms with Gasteiger partial charge in [0.2, 0.25) is 0 Å². The number of aliphatic hydroxyl groups excluding tert-OH is 2. The van der Waals surface area contributed by atoms with Gasteiger partial charge in [-0.1, -0.05) is 31.6 Å². The largest absolute Gasteiger partial charge is 0.458 e. The highest BCUT2D eigenvalue weighted by atomic mass is 16.8. The average Bonchev–Trinajstić information content (AvgIpc) is 3.53. The maximum atomic E-state index is 13.3. The van der Waals surface area contributed by atoms with Crippen LogP contribution in [0.3, 0.4) is 0 Å². The first-order chi connectivity index (χ1) is 29.3. The van der Waals surface area contributed by atoms with Crippen molar-refractivity contribution < 1.29 is 72.3 Å². The summed E-state index contributed by atoms with van der Waals surface area (Å²) < 4.78 is 61.8. The molecule has 21 atom stereocenters. The van der Waals surface area contributed by atoms with Crippen LogP contribution in [0.15, 0.2) is 23.3 Å². The molecule has 0 aromatic heterocycles. The molecule has 3 heterocycles. The van der Waals surface area contributed by atoms with E-state index in [2.05, 4.69) is 13.0 Å². The normalized spacial score (nSPS) is 49.6. The maximum Gasteiger partial charge on any atom is 0.333 e. The topological polar surface area (TPSA) is 187 Å². The van der Waals surface area contributed by atoms with E-state index in [9.17, 15) is 24.9 Å². The summed E-state index contributed by atoms with van der Waals surface area (Å²) in [7, 11) is 4.68. The first-order valence-corrected chi connectivity index (χ1v) is 23.0. The maximum absolute atomic E-state index is 13.3. The third-order valence-corrected chi connectivity index (χ3v) is 16.6. The summed E-state index contributed by atoms with van der Waals surface area (Å²) in [5, 5.41) is 34.1. The van der Waals surface area contributed by atoms with Gasteiger partial charge in [0.25, 0.3) is 0 Å². The fourth-order valence-electron chi connectivity index (χ4n) is 12.8. The van der Waals surface area contributed by atoms with Crippen molar-refractivity contribution in [3.05, 3.63) is 23.3 Å². The fourth-order valence-corrected chi connectivity index (χ4v) is 12.8. The zero-order valence-electron chi connectivity index (χ0n) is 38.7. The summed E-state index contributed by atoms with van der Waals surface area (Å²) in [5.41, 5.74) is -0.439. The van der Waals surface area contributed by atoms with Crippen LogP contribution in [0.25, 0.3) is 0 Å². The smallest absolute Gasteiger partial charge is 0.333 e. The van der Waals surface area contributed by atoms with Crippen LogP contribution in [-0.4, -0.2) is 146 Å². The Balaban J connectivity index is 0.980. The highest BCUT2D eigenvalue weighted by Gasteiger charge is 2.71. The Hall–Kier alpha value is -1.86. The van der Waals surface area contributed by atoms with Crippen LogP contribution in [0.2, 0.25) is 0 Å². The summed E-state index contributed by atoms with van der Waals surface area (Å²) in [5.74, 6) is -0.727. The quantitative estimate of drug-likeness (QED) is 0.139. The summed E-state index contributed by atoms with van der Waals surface area (Å²) in [4.78, 5) is 26.4. The highest BCUT2D eigenvalue weighted by molar-refractivity contribution is 5.88. The zero-order chi connectivity index (χ0) is 45.1. The number of rotatable bonds is 12. The van der Waals surface area contributed by atoms with Gasteiger partial charge in [-0.3, -0.25) is 4.79 Å². The van der Waals surface area contributed by atoms with Crippen LogP contribution in [0.5, 0.6) is 0 Å². The lowest BCUT2D eigenvalue weighted by atomic mass is 9.45. The lowest BCUT2D eigenvalue weighted by Crippen LogP contribution is -2.66. The van der Waals surface area contributed by atoms with E-state index < -0.39 is 96.9 Å². The zero-order valence-corrected chi connectivity index (χ0v) is 38.7. The van der Waals surface area contributed by atoms with E-state index in [1.165, 1.54) is 12.7 Å². The minimum atomic E-state index is -1.22. The number of methoxy groups -OCH3 is 3. The average molecular weight is 879 g/mol. The highest BCUT2D eigenvalue weighted by Crippen LogP contribution is 2.68. The molecule has 0 radical (unpaired) electrons. The molecule has 13 unspecified atom stereocenters. The van der Waals surface area contributed by atoms with Gasteiger partial charge in [-0.25, -0.2) is 4.79 Å². The Morgan fingerprint density at radius 2 is 1.40 bits per heavy atom. The van der Waals surface area contributed by atoms with Crippen molar-refractivity contribution in [2.24, 2.45) is 28.6 Å². The van der Waals surface area contributed by atoms with Crippen molar-refractivity contribution in [1.82, 2.24) is 0 Å². The molecule has 0 amide bonds. The third kappa shape index (κ3) is 8.42. The van der Waals surface area contributed by atoms with E-state index >= 15 is 0 Å². The van der Waals surface area contributed by atoms with Gasteiger partial charge in [0.05, 0.1) is 42.2 Å². The molecule has 3 aliphatic heterocycles. The number of Topliss-reactive ketones (excluding diaryl/α,β-unsaturated/α-hetero) is 1. The molecule has 3 saturated heterocycles. The molecule has 0 spiro atoms. The molecule has 7 rings (SSSR count). The van der Waals surface area contributed by atoms with Crippen molar-refractivity contribution in [2.45, 2.75) is 211 Å². The van der Waals surface area contributed by atoms with Gasteiger partial charge in [0.15, 0.2) is 18.9 Å². The molecular formula is C47H74O15. The number of esters is 1. The lowest BCUT2D eigenvalue weighted by molar-refractivity contribution is -0.352. The molecule has 62 heavy (non-hydrogen) atoms. The first-order valence-electron chi connectivity index (χ1n) is 23.0. The molecule has 6 fully saturated rings. The van der Waals surface area contributed by atoms with Crippen LogP contribution < -0.4 is 0 Å². The van der Waals surface area contributed by atoms with E-state index in [1.807, 2.05) is 27.7 Å². The van der Waals surface area contributed by atoms with Crippen molar-refractivity contribution in [1.29, 1.82) is 0 Å². The molecule has 15 nitrogen and oxygen atoms in total. The minimum absolute atomic E-state index is 0.0391.